The first-order valence-electron chi connectivity index (χ1n) is 14.5. The third-order valence-corrected chi connectivity index (χ3v) is 9.91. The van der Waals surface area contributed by atoms with Gasteiger partial charge in [-0.15, -0.1) is 0 Å². The zero-order valence-electron chi connectivity index (χ0n) is 21.1. The van der Waals surface area contributed by atoms with E-state index in [0.29, 0.717) is 11.8 Å². The number of hydrogen-bond acceptors (Lipinski definition) is 0. The van der Waals surface area contributed by atoms with Gasteiger partial charge in [0, 0.05) is 0 Å². The molecule has 0 unspecified atom stereocenters. The highest BCUT2D eigenvalue weighted by molar-refractivity contribution is 5.30. The predicted molar refractivity (Wildman–Crippen MR) is 136 cm³/mol. The van der Waals surface area contributed by atoms with Crippen LogP contribution >= 0.6 is 0 Å². The van der Waals surface area contributed by atoms with Crippen LogP contribution in [0.4, 0.5) is 4.39 Å². The summed E-state index contributed by atoms with van der Waals surface area (Å²) in [5.41, 5.74) is 2.30. The summed E-state index contributed by atoms with van der Waals surface area (Å²) in [6.45, 7) is 4.65. The first kappa shape index (κ1) is 24.3. The Morgan fingerprint density at radius 2 is 1.28 bits per heavy atom. The number of unbranched alkanes of at least 4 members (excludes halogenated alkanes) is 2. The van der Waals surface area contributed by atoms with Crippen molar-refractivity contribution < 1.29 is 4.39 Å². The maximum absolute atomic E-state index is 15.2. The van der Waals surface area contributed by atoms with E-state index in [-0.39, 0.29) is 5.82 Å². The van der Waals surface area contributed by atoms with Gasteiger partial charge in [-0.2, -0.15) is 0 Å². The van der Waals surface area contributed by atoms with E-state index in [1.54, 1.807) is 0 Å². The van der Waals surface area contributed by atoms with E-state index in [1.807, 2.05) is 6.07 Å². The van der Waals surface area contributed by atoms with E-state index in [9.17, 15) is 0 Å². The smallest absolute Gasteiger partial charge is 0.126 e. The van der Waals surface area contributed by atoms with E-state index in [4.69, 9.17) is 0 Å². The van der Waals surface area contributed by atoms with Gasteiger partial charge in [-0.25, -0.2) is 4.39 Å². The molecule has 32 heavy (non-hydrogen) atoms. The molecule has 3 aliphatic rings. The van der Waals surface area contributed by atoms with Crippen LogP contribution in [0, 0.1) is 29.5 Å². The van der Waals surface area contributed by atoms with Crippen molar-refractivity contribution in [3.63, 3.8) is 0 Å². The van der Waals surface area contributed by atoms with Gasteiger partial charge in [0.15, 0.2) is 0 Å². The van der Waals surface area contributed by atoms with Crippen molar-refractivity contribution in [2.75, 3.05) is 0 Å². The summed E-state index contributed by atoms with van der Waals surface area (Å²) in [4.78, 5) is 0. The lowest BCUT2D eigenvalue weighted by Gasteiger charge is -2.38. The molecule has 0 atom stereocenters. The third-order valence-electron chi connectivity index (χ3n) is 9.91. The lowest BCUT2D eigenvalue weighted by Crippen LogP contribution is -2.25. The van der Waals surface area contributed by atoms with Crippen molar-refractivity contribution in [1.29, 1.82) is 0 Å². The summed E-state index contributed by atoms with van der Waals surface area (Å²) in [7, 11) is 0. The van der Waals surface area contributed by atoms with Gasteiger partial charge in [0.05, 0.1) is 0 Å². The summed E-state index contributed by atoms with van der Waals surface area (Å²) in [6.07, 6.45) is 23.0. The van der Waals surface area contributed by atoms with Crippen LogP contribution in [0.2, 0.25) is 0 Å². The van der Waals surface area contributed by atoms with Crippen molar-refractivity contribution in [3.05, 3.63) is 35.1 Å². The van der Waals surface area contributed by atoms with Crippen molar-refractivity contribution >= 4 is 0 Å². The number of hydrogen-bond donors (Lipinski definition) is 0. The standard InChI is InChI=1S/C31H49F/c1-3-5-6-7-24-10-14-28(15-11-24)30-21-20-29(22-31(30)32)27-18-16-26(17-19-27)25-12-8-23(4-2)9-13-25/h20-28H,3-19H2,1-2H3/t23-,24-,25-,26-,27-,28-. The topological polar surface area (TPSA) is 0 Å². The highest BCUT2D eigenvalue weighted by Gasteiger charge is 2.31. The number of benzene rings is 1. The fourth-order valence-electron chi connectivity index (χ4n) is 7.57. The molecule has 0 nitrogen and oxygen atoms in total. The molecule has 0 radical (unpaired) electrons. The minimum Gasteiger partial charge on any atom is -0.207 e. The quantitative estimate of drug-likeness (QED) is 0.353. The second kappa shape index (κ2) is 12.0. The minimum atomic E-state index is 0.0944. The third kappa shape index (κ3) is 6.18. The molecule has 1 aromatic rings. The largest absolute Gasteiger partial charge is 0.207 e. The zero-order valence-corrected chi connectivity index (χ0v) is 21.1. The molecule has 0 spiro atoms. The monoisotopic (exact) mass is 440 g/mol. The van der Waals surface area contributed by atoms with Crippen molar-refractivity contribution in [2.24, 2.45) is 23.7 Å². The predicted octanol–water partition coefficient (Wildman–Crippen LogP) is 10.2. The Morgan fingerprint density at radius 1 is 0.688 bits per heavy atom. The highest BCUT2D eigenvalue weighted by Crippen LogP contribution is 2.45. The fraction of sp³-hybridized carbons (Fsp3) is 0.806. The summed E-state index contributed by atoms with van der Waals surface area (Å²) in [5.74, 6) is 4.97. The summed E-state index contributed by atoms with van der Waals surface area (Å²) < 4.78 is 15.2. The summed E-state index contributed by atoms with van der Waals surface area (Å²) in [6, 6.07) is 6.40. The molecule has 3 aliphatic carbocycles. The highest BCUT2D eigenvalue weighted by atomic mass is 19.1. The molecule has 3 saturated carbocycles. The van der Waals surface area contributed by atoms with Gasteiger partial charge >= 0.3 is 0 Å². The maximum atomic E-state index is 15.2. The average molecular weight is 441 g/mol. The fourth-order valence-corrected chi connectivity index (χ4v) is 7.57. The van der Waals surface area contributed by atoms with Crippen molar-refractivity contribution in [3.8, 4) is 0 Å². The van der Waals surface area contributed by atoms with E-state index >= 15 is 4.39 Å². The van der Waals surface area contributed by atoms with E-state index < -0.39 is 0 Å². The van der Waals surface area contributed by atoms with Crippen LogP contribution < -0.4 is 0 Å². The van der Waals surface area contributed by atoms with Crippen LogP contribution in [-0.4, -0.2) is 0 Å². The molecule has 180 valence electrons. The molecule has 3 fully saturated rings. The SMILES string of the molecule is CCCCC[C@H]1CC[C@H](c2ccc([C@H]3CC[C@H]([C@H]4CC[C@H](CC)CC4)CC3)cc2F)CC1. The van der Waals surface area contributed by atoms with Gasteiger partial charge in [-0.1, -0.05) is 70.9 Å². The van der Waals surface area contributed by atoms with Crippen LogP contribution in [0.1, 0.15) is 146 Å². The van der Waals surface area contributed by atoms with Crippen LogP contribution in [-0.2, 0) is 0 Å². The van der Waals surface area contributed by atoms with Gasteiger partial charge < -0.3 is 0 Å². The molecule has 0 N–H and O–H groups in total. The number of halogens is 1. The molecule has 0 aliphatic heterocycles. The van der Waals surface area contributed by atoms with Gasteiger partial charge in [-0.05, 0) is 117 Å². The Kier molecular flexibility index (Phi) is 9.13. The Labute approximate surface area is 198 Å². The molecule has 0 amide bonds. The molecule has 0 bridgehead atoms. The van der Waals surface area contributed by atoms with Crippen molar-refractivity contribution in [1.82, 2.24) is 0 Å². The first-order chi connectivity index (χ1) is 15.7. The van der Waals surface area contributed by atoms with Gasteiger partial charge in [-0.3, -0.25) is 0 Å². The molecule has 0 saturated heterocycles. The molecule has 0 aromatic heterocycles. The summed E-state index contributed by atoms with van der Waals surface area (Å²) in [5, 5.41) is 0. The molecular formula is C31H49F. The lowest BCUT2D eigenvalue weighted by molar-refractivity contribution is 0.158. The molecular weight excluding hydrogens is 391 g/mol. The second-order valence-electron chi connectivity index (χ2n) is 11.8. The number of rotatable bonds is 8. The maximum Gasteiger partial charge on any atom is 0.126 e. The van der Waals surface area contributed by atoms with Gasteiger partial charge in [0.25, 0.3) is 0 Å². The van der Waals surface area contributed by atoms with Gasteiger partial charge in [0.2, 0.25) is 0 Å². The molecule has 4 rings (SSSR count). The molecule has 1 heteroatoms. The Morgan fingerprint density at radius 3 is 1.88 bits per heavy atom. The van der Waals surface area contributed by atoms with Crippen LogP contribution in [0.25, 0.3) is 0 Å². The van der Waals surface area contributed by atoms with Crippen LogP contribution in [0.5, 0.6) is 0 Å². The molecule has 0 heterocycles. The lowest BCUT2D eigenvalue weighted by atomic mass is 9.68. The normalized spacial score (nSPS) is 33.8. The first-order valence-corrected chi connectivity index (χ1v) is 14.5. The second-order valence-corrected chi connectivity index (χ2v) is 11.8. The van der Waals surface area contributed by atoms with Crippen LogP contribution in [0.3, 0.4) is 0 Å². The Bertz CT molecular complexity index is 670. The minimum absolute atomic E-state index is 0.0944. The average Bonchev–Trinajstić information content (AvgIpc) is 2.85. The molecule has 1 aromatic carbocycles. The summed E-state index contributed by atoms with van der Waals surface area (Å²) >= 11 is 0. The van der Waals surface area contributed by atoms with Crippen molar-refractivity contribution in [2.45, 2.75) is 135 Å². The van der Waals surface area contributed by atoms with Crippen LogP contribution in [0.15, 0.2) is 18.2 Å². The van der Waals surface area contributed by atoms with E-state index in [1.165, 1.54) is 115 Å². The Hall–Kier alpha value is -0.850. The van der Waals surface area contributed by atoms with E-state index in [2.05, 4.69) is 26.0 Å². The van der Waals surface area contributed by atoms with E-state index in [0.717, 1.165) is 29.2 Å². The zero-order chi connectivity index (χ0) is 22.3. The van der Waals surface area contributed by atoms with Gasteiger partial charge in [0.1, 0.15) is 5.82 Å². The Balaban J connectivity index is 1.25.